The van der Waals surface area contributed by atoms with Gasteiger partial charge in [-0.1, -0.05) is 49.6 Å². The quantitative estimate of drug-likeness (QED) is 0.388. The highest BCUT2D eigenvalue weighted by Crippen LogP contribution is 2.55. The van der Waals surface area contributed by atoms with E-state index in [2.05, 4.69) is 27.5 Å². The molecule has 2 N–H and O–H groups in total. The highest BCUT2D eigenvalue weighted by molar-refractivity contribution is 6.02. The van der Waals surface area contributed by atoms with Gasteiger partial charge in [-0.2, -0.15) is 0 Å². The Kier molecular flexibility index (Phi) is 8.85. The number of nitrogens with zero attached hydrogens (tertiary/aromatic N) is 3. The summed E-state index contributed by atoms with van der Waals surface area (Å²) in [7, 11) is 2.14. The van der Waals surface area contributed by atoms with Gasteiger partial charge < -0.3 is 34.8 Å². The molecule has 3 amide bonds. The molecule has 5 atom stereocenters. The summed E-state index contributed by atoms with van der Waals surface area (Å²) in [6.07, 6.45) is 9.24. The van der Waals surface area contributed by atoms with E-state index >= 15 is 0 Å². The molecule has 10 nitrogen and oxygen atoms in total. The van der Waals surface area contributed by atoms with Crippen LogP contribution >= 0.6 is 0 Å². The average Bonchev–Trinajstić information content (AvgIpc) is 3.71. The summed E-state index contributed by atoms with van der Waals surface area (Å²) in [5, 5.41) is 6.29. The van der Waals surface area contributed by atoms with Crippen LogP contribution < -0.4 is 15.4 Å². The molecule has 4 aliphatic heterocycles. The van der Waals surface area contributed by atoms with Crippen molar-refractivity contribution in [2.45, 2.75) is 62.3 Å². The van der Waals surface area contributed by atoms with Crippen molar-refractivity contribution in [3.05, 3.63) is 66.7 Å². The number of ether oxygens (including phenoxy) is 2. The molecule has 1 saturated carbocycles. The Labute approximate surface area is 271 Å². The molecule has 0 aromatic heterocycles. The molecule has 4 fully saturated rings. The maximum absolute atomic E-state index is 14.3. The number of carbonyl (C=O) groups excluding carboxylic acids is 3. The summed E-state index contributed by atoms with van der Waals surface area (Å²) in [6.45, 7) is 5.36. The number of benzene rings is 2. The molecule has 0 radical (unpaired) electrons. The summed E-state index contributed by atoms with van der Waals surface area (Å²) in [4.78, 5) is 48.7. The number of anilines is 1. The number of likely N-dealkylation sites (tertiary alicyclic amines) is 1. The van der Waals surface area contributed by atoms with E-state index in [9.17, 15) is 14.4 Å². The topological polar surface area (TPSA) is 103 Å². The van der Waals surface area contributed by atoms with E-state index in [-0.39, 0.29) is 23.8 Å². The highest BCUT2D eigenvalue weighted by atomic mass is 16.5. The molecule has 4 heterocycles. The minimum Gasteiger partial charge on any atom is -0.457 e. The number of rotatable bonds is 10. The number of carbonyl (C=O) groups is 3. The molecule has 2 aromatic rings. The summed E-state index contributed by atoms with van der Waals surface area (Å²) in [5.74, 6) is -0.718. The molecule has 10 heteroatoms. The molecule has 2 bridgehead atoms. The maximum atomic E-state index is 14.3. The summed E-state index contributed by atoms with van der Waals surface area (Å²) in [5.41, 5.74) is -0.545. The predicted molar refractivity (Wildman–Crippen MR) is 174 cm³/mol. The average molecular weight is 628 g/mol. The summed E-state index contributed by atoms with van der Waals surface area (Å²) < 4.78 is 12.4. The number of amides is 3. The molecule has 5 aliphatic rings. The molecule has 7 rings (SSSR count). The highest BCUT2D eigenvalue weighted by Gasteiger charge is 2.72. The first-order valence-corrected chi connectivity index (χ1v) is 16.9. The van der Waals surface area contributed by atoms with E-state index in [1.165, 1.54) is 6.42 Å². The van der Waals surface area contributed by atoms with Gasteiger partial charge in [0.15, 0.2) is 0 Å². The molecule has 46 heavy (non-hydrogen) atoms. The van der Waals surface area contributed by atoms with Crippen molar-refractivity contribution in [2.24, 2.45) is 11.8 Å². The van der Waals surface area contributed by atoms with Crippen LogP contribution in [0.3, 0.4) is 0 Å². The number of piperazine rings is 1. The lowest BCUT2D eigenvalue weighted by Gasteiger charge is -2.35. The van der Waals surface area contributed by atoms with Gasteiger partial charge in [-0.25, -0.2) is 0 Å². The first kappa shape index (κ1) is 30.9. The van der Waals surface area contributed by atoms with Crippen molar-refractivity contribution < 1.29 is 23.9 Å². The molecule has 5 unspecified atom stereocenters. The van der Waals surface area contributed by atoms with Crippen LogP contribution in [-0.2, 0) is 19.1 Å². The van der Waals surface area contributed by atoms with Gasteiger partial charge in [0, 0.05) is 44.5 Å². The van der Waals surface area contributed by atoms with E-state index in [4.69, 9.17) is 9.47 Å². The van der Waals surface area contributed by atoms with Gasteiger partial charge in [-0.15, -0.1) is 0 Å². The van der Waals surface area contributed by atoms with Crippen LogP contribution in [0.4, 0.5) is 5.69 Å². The molecule has 1 spiro atoms. The second-order valence-corrected chi connectivity index (χ2v) is 13.5. The number of likely N-dealkylation sites (N-methyl/N-ethyl adjacent to an activating group) is 1. The van der Waals surface area contributed by atoms with Crippen molar-refractivity contribution in [3.8, 4) is 11.5 Å². The zero-order valence-electron chi connectivity index (χ0n) is 26.6. The number of hydrogen-bond donors (Lipinski definition) is 2. The maximum Gasteiger partial charge on any atom is 0.246 e. The van der Waals surface area contributed by atoms with Crippen molar-refractivity contribution in [2.75, 3.05) is 51.6 Å². The van der Waals surface area contributed by atoms with Crippen LogP contribution in [0.5, 0.6) is 11.5 Å². The van der Waals surface area contributed by atoms with Crippen LogP contribution in [0.25, 0.3) is 0 Å². The smallest absolute Gasteiger partial charge is 0.246 e. The first-order valence-electron chi connectivity index (χ1n) is 16.9. The molecule has 244 valence electrons. The SMILES string of the molecule is CN1CCN(CCCN2C(=O)C3C(C(=O)Nc4ccc(Oc5ccccc5)cc4)C4C=CC3(O4)C2C(=O)NC2CCCCC2)CC1. The fraction of sp³-hybridized carbons (Fsp3) is 0.528. The normalized spacial score (nSPS) is 29.6. The third-order valence-corrected chi connectivity index (χ3v) is 10.4. The predicted octanol–water partition coefficient (Wildman–Crippen LogP) is 3.65. The second kappa shape index (κ2) is 13.2. The number of para-hydroxylation sites is 1. The van der Waals surface area contributed by atoms with Crippen molar-refractivity contribution in [1.29, 1.82) is 0 Å². The zero-order chi connectivity index (χ0) is 31.7. The fourth-order valence-corrected chi connectivity index (χ4v) is 8.03. The van der Waals surface area contributed by atoms with E-state index in [0.29, 0.717) is 18.0 Å². The van der Waals surface area contributed by atoms with Crippen LogP contribution in [0.2, 0.25) is 0 Å². The van der Waals surface area contributed by atoms with Gasteiger partial charge in [0.1, 0.15) is 23.1 Å². The van der Waals surface area contributed by atoms with Crippen LogP contribution in [-0.4, -0.2) is 103 Å². The minimum absolute atomic E-state index is 0.106. The van der Waals surface area contributed by atoms with E-state index in [0.717, 1.165) is 70.6 Å². The lowest BCUT2D eigenvalue weighted by Crippen LogP contribution is -2.56. The van der Waals surface area contributed by atoms with Crippen molar-refractivity contribution >= 4 is 23.4 Å². The Morgan fingerprint density at radius 2 is 1.63 bits per heavy atom. The van der Waals surface area contributed by atoms with Gasteiger partial charge in [-0.05, 0) is 69.3 Å². The summed E-state index contributed by atoms with van der Waals surface area (Å²) >= 11 is 0. The third kappa shape index (κ3) is 6.06. The van der Waals surface area contributed by atoms with Crippen LogP contribution in [0, 0.1) is 11.8 Å². The van der Waals surface area contributed by atoms with Crippen molar-refractivity contribution in [3.63, 3.8) is 0 Å². The lowest BCUT2D eigenvalue weighted by atomic mass is 9.74. The standard InChI is InChI=1S/C36H45N5O5/c1-39-21-23-40(24-22-39)19-8-20-41-32(34(43)38-25-9-4-2-5-10-25)36-18-17-29(46-36)30(31(36)35(41)44)33(42)37-26-13-15-28(16-14-26)45-27-11-6-3-7-12-27/h3,6-7,11-18,25,29-32H,2,4-5,8-10,19-24H2,1H3,(H,37,42)(H,38,43). The number of fused-ring (bicyclic) bond motifs is 1. The number of nitrogens with one attached hydrogen (secondary N) is 2. The Morgan fingerprint density at radius 3 is 2.37 bits per heavy atom. The molecule has 3 saturated heterocycles. The van der Waals surface area contributed by atoms with E-state index in [1.54, 1.807) is 29.2 Å². The second-order valence-electron chi connectivity index (χ2n) is 13.5. The monoisotopic (exact) mass is 627 g/mol. The van der Waals surface area contributed by atoms with E-state index in [1.807, 2.05) is 42.5 Å². The molecular weight excluding hydrogens is 582 g/mol. The van der Waals surface area contributed by atoms with Gasteiger partial charge in [0.25, 0.3) is 0 Å². The minimum atomic E-state index is -1.15. The molecule has 1 aliphatic carbocycles. The zero-order valence-corrected chi connectivity index (χ0v) is 26.6. The van der Waals surface area contributed by atoms with Gasteiger partial charge in [0.2, 0.25) is 17.7 Å². The first-order chi connectivity index (χ1) is 22.4. The fourth-order valence-electron chi connectivity index (χ4n) is 8.03. The Balaban J connectivity index is 1.07. The Morgan fingerprint density at radius 1 is 0.913 bits per heavy atom. The van der Waals surface area contributed by atoms with Crippen LogP contribution in [0.1, 0.15) is 38.5 Å². The van der Waals surface area contributed by atoms with Gasteiger partial charge in [0.05, 0.1) is 17.9 Å². The van der Waals surface area contributed by atoms with E-state index < -0.39 is 29.6 Å². The Bertz CT molecular complexity index is 1440. The summed E-state index contributed by atoms with van der Waals surface area (Å²) in [6, 6.07) is 16.0. The number of hydrogen-bond acceptors (Lipinski definition) is 7. The lowest BCUT2D eigenvalue weighted by molar-refractivity contribution is -0.141. The molecular formula is C36H45N5O5. The molecule has 2 aromatic carbocycles. The third-order valence-electron chi connectivity index (χ3n) is 10.4. The van der Waals surface area contributed by atoms with Crippen LogP contribution in [0.15, 0.2) is 66.7 Å². The Hall–Kier alpha value is -3.73. The van der Waals surface area contributed by atoms with Crippen molar-refractivity contribution in [1.82, 2.24) is 20.0 Å². The largest absolute Gasteiger partial charge is 0.457 e. The van der Waals surface area contributed by atoms with Gasteiger partial charge in [-0.3, -0.25) is 14.4 Å². The van der Waals surface area contributed by atoms with Gasteiger partial charge >= 0.3 is 0 Å².